The summed E-state index contributed by atoms with van der Waals surface area (Å²) in [6, 6.07) is 9.53. The number of hydrogen-bond acceptors (Lipinski definition) is 2. The van der Waals surface area contributed by atoms with Gasteiger partial charge in [-0.25, -0.2) is 0 Å². The number of benzene rings is 1. The second kappa shape index (κ2) is 5.04. The van der Waals surface area contributed by atoms with Gasteiger partial charge in [-0.3, -0.25) is 9.48 Å². The van der Waals surface area contributed by atoms with Crippen LogP contribution in [0.5, 0.6) is 0 Å². The van der Waals surface area contributed by atoms with Gasteiger partial charge in [-0.1, -0.05) is 18.2 Å². The maximum absolute atomic E-state index is 12.2. The number of amides is 1. The number of aromatic nitrogens is 2. The van der Waals surface area contributed by atoms with Crippen molar-refractivity contribution in [3.8, 4) is 0 Å². The number of aryl methyl sites for hydroxylation is 3. The number of carbonyl (C=O) groups excluding carboxylic acids is 1. The number of carbonyl (C=O) groups is 1. The van der Waals surface area contributed by atoms with Crippen LogP contribution in [0.15, 0.2) is 30.3 Å². The van der Waals surface area contributed by atoms with Gasteiger partial charge in [-0.15, -0.1) is 0 Å². The van der Waals surface area contributed by atoms with Gasteiger partial charge < -0.3 is 5.32 Å². The van der Waals surface area contributed by atoms with Gasteiger partial charge in [-0.05, 0) is 38.5 Å². The molecule has 2 aromatic rings. The average molecular weight is 243 g/mol. The summed E-state index contributed by atoms with van der Waals surface area (Å²) in [7, 11) is 0. The summed E-state index contributed by atoms with van der Waals surface area (Å²) in [5.74, 6) is -0.119. The Kier molecular flexibility index (Phi) is 3.46. The van der Waals surface area contributed by atoms with E-state index in [0.29, 0.717) is 12.2 Å². The maximum Gasteiger partial charge on any atom is 0.273 e. The number of nitrogens with zero attached hydrogens (tertiary/aromatic N) is 2. The van der Waals surface area contributed by atoms with Crippen molar-refractivity contribution in [3.05, 3.63) is 47.3 Å². The molecule has 0 bridgehead atoms. The minimum Gasteiger partial charge on any atom is -0.320 e. The molecule has 4 heteroatoms. The molecule has 1 heterocycles. The van der Waals surface area contributed by atoms with Crippen molar-refractivity contribution in [1.82, 2.24) is 9.78 Å². The smallest absolute Gasteiger partial charge is 0.273 e. The van der Waals surface area contributed by atoms with Gasteiger partial charge >= 0.3 is 0 Å². The molecular weight excluding hydrogens is 226 g/mol. The van der Waals surface area contributed by atoms with E-state index in [-0.39, 0.29) is 5.91 Å². The van der Waals surface area contributed by atoms with Gasteiger partial charge in [0.05, 0.1) is 5.69 Å². The van der Waals surface area contributed by atoms with Crippen LogP contribution in [0, 0.1) is 13.8 Å². The van der Waals surface area contributed by atoms with E-state index in [2.05, 4.69) is 10.4 Å². The molecule has 0 aliphatic carbocycles. The molecule has 1 aromatic heterocycles. The first kappa shape index (κ1) is 12.4. The van der Waals surface area contributed by atoms with Crippen molar-refractivity contribution < 1.29 is 4.79 Å². The molecule has 0 aliphatic heterocycles. The zero-order valence-electron chi connectivity index (χ0n) is 10.9. The number of rotatable bonds is 3. The van der Waals surface area contributed by atoms with E-state index >= 15 is 0 Å². The van der Waals surface area contributed by atoms with Crippen molar-refractivity contribution in [2.45, 2.75) is 27.3 Å². The summed E-state index contributed by atoms with van der Waals surface area (Å²) in [6.07, 6.45) is 0. The highest BCUT2D eigenvalue weighted by atomic mass is 16.2. The molecule has 2 rings (SSSR count). The number of anilines is 1. The Balaban J connectivity index is 2.25. The molecule has 0 aliphatic rings. The predicted octanol–water partition coefficient (Wildman–Crippen LogP) is 2.77. The molecule has 0 spiro atoms. The van der Waals surface area contributed by atoms with Crippen molar-refractivity contribution >= 4 is 11.6 Å². The highest BCUT2D eigenvalue weighted by Gasteiger charge is 2.13. The van der Waals surface area contributed by atoms with Gasteiger partial charge in [0.2, 0.25) is 0 Å². The Bertz CT molecular complexity index is 572. The predicted molar refractivity (Wildman–Crippen MR) is 71.8 cm³/mol. The molecule has 0 saturated carbocycles. The highest BCUT2D eigenvalue weighted by Crippen LogP contribution is 2.15. The van der Waals surface area contributed by atoms with E-state index in [1.54, 1.807) is 10.7 Å². The van der Waals surface area contributed by atoms with Gasteiger partial charge in [-0.2, -0.15) is 5.10 Å². The van der Waals surface area contributed by atoms with E-state index in [1.165, 1.54) is 0 Å². The lowest BCUT2D eigenvalue weighted by Crippen LogP contribution is -2.17. The normalized spacial score (nSPS) is 10.4. The maximum atomic E-state index is 12.2. The monoisotopic (exact) mass is 243 g/mol. The lowest BCUT2D eigenvalue weighted by Gasteiger charge is -2.08. The summed E-state index contributed by atoms with van der Waals surface area (Å²) in [5.41, 5.74) is 3.33. The fourth-order valence-electron chi connectivity index (χ4n) is 1.87. The number of nitrogens with one attached hydrogen (secondary N) is 1. The van der Waals surface area contributed by atoms with E-state index < -0.39 is 0 Å². The van der Waals surface area contributed by atoms with Crippen LogP contribution in [0.4, 0.5) is 5.69 Å². The zero-order chi connectivity index (χ0) is 13.1. The molecule has 94 valence electrons. The van der Waals surface area contributed by atoms with Gasteiger partial charge in [0.1, 0.15) is 5.69 Å². The molecule has 1 N–H and O–H groups in total. The molecule has 1 amide bonds. The average Bonchev–Trinajstić information content (AvgIpc) is 2.73. The molecule has 4 nitrogen and oxygen atoms in total. The molecular formula is C14H17N3O. The molecule has 18 heavy (non-hydrogen) atoms. The summed E-state index contributed by atoms with van der Waals surface area (Å²) < 4.78 is 1.71. The first-order valence-electron chi connectivity index (χ1n) is 6.03. The molecule has 0 fully saturated rings. The van der Waals surface area contributed by atoms with Crippen molar-refractivity contribution in [2.75, 3.05) is 5.32 Å². The Morgan fingerprint density at radius 1 is 1.33 bits per heavy atom. The third-order valence-corrected chi connectivity index (χ3v) is 2.83. The first-order valence-corrected chi connectivity index (χ1v) is 6.03. The fourth-order valence-corrected chi connectivity index (χ4v) is 1.87. The van der Waals surface area contributed by atoms with Crippen molar-refractivity contribution in [3.63, 3.8) is 0 Å². The zero-order valence-corrected chi connectivity index (χ0v) is 10.9. The van der Waals surface area contributed by atoms with Crippen LogP contribution < -0.4 is 5.32 Å². The third kappa shape index (κ3) is 2.42. The van der Waals surface area contributed by atoms with E-state index in [4.69, 9.17) is 0 Å². The molecule has 0 unspecified atom stereocenters. The third-order valence-electron chi connectivity index (χ3n) is 2.83. The minimum absolute atomic E-state index is 0.119. The van der Waals surface area contributed by atoms with E-state index in [0.717, 1.165) is 16.9 Å². The summed E-state index contributed by atoms with van der Waals surface area (Å²) in [5, 5.41) is 7.18. The Hall–Kier alpha value is -2.10. The van der Waals surface area contributed by atoms with Crippen LogP contribution in [0.3, 0.4) is 0 Å². The topological polar surface area (TPSA) is 46.9 Å². The Morgan fingerprint density at radius 3 is 2.72 bits per heavy atom. The van der Waals surface area contributed by atoms with Gasteiger partial charge in [0, 0.05) is 12.2 Å². The Labute approximate surface area is 107 Å². The first-order chi connectivity index (χ1) is 8.61. The number of para-hydroxylation sites is 1. The van der Waals surface area contributed by atoms with Crippen LogP contribution in [0.1, 0.15) is 28.7 Å². The van der Waals surface area contributed by atoms with Crippen molar-refractivity contribution in [2.24, 2.45) is 0 Å². The Morgan fingerprint density at radius 2 is 2.06 bits per heavy atom. The molecule has 0 radical (unpaired) electrons. The number of hydrogen-bond donors (Lipinski definition) is 1. The lowest BCUT2D eigenvalue weighted by atomic mass is 10.2. The lowest BCUT2D eigenvalue weighted by molar-refractivity contribution is 0.101. The van der Waals surface area contributed by atoms with Crippen LogP contribution in [0.25, 0.3) is 0 Å². The standard InChI is InChI=1S/C14H17N3O/c1-4-17-13(9-11(3)16-17)14(18)15-12-8-6-5-7-10(12)2/h5-9H,4H2,1-3H3,(H,15,18). The molecule has 0 saturated heterocycles. The quantitative estimate of drug-likeness (QED) is 0.901. The summed E-state index contributed by atoms with van der Waals surface area (Å²) in [6.45, 7) is 6.51. The van der Waals surface area contributed by atoms with Gasteiger partial charge in [0.25, 0.3) is 5.91 Å². The van der Waals surface area contributed by atoms with Crippen LogP contribution in [0.2, 0.25) is 0 Å². The summed E-state index contributed by atoms with van der Waals surface area (Å²) in [4.78, 5) is 12.2. The van der Waals surface area contributed by atoms with E-state index in [9.17, 15) is 4.79 Å². The minimum atomic E-state index is -0.119. The van der Waals surface area contributed by atoms with Crippen LogP contribution in [-0.4, -0.2) is 15.7 Å². The highest BCUT2D eigenvalue weighted by molar-refractivity contribution is 6.03. The van der Waals surface area contributed by atoms with Crippen LogP contribution >= 0.6 is 0 Å². The second-order valence-corrected chi connectivity index (χ2v) is 4.26. The summed E-state index contributed by atoms with van der Waals surface area (Å²) >= 11 is 0. The second-order valence-electron chi connectivity index (χ2n) is 4.26. The fraction of sp³-hybridized carbons (Fsp3) is 0.286. The van der Waals surface area contributed by atoms with Crippen LogP contribution in [-0.2, 0) is 6.54 Å². The van der Waals surface area contributed by atoms with Gasteiger partial charge in [0.15, 0.2) is 0 Å². The molecule has 0 atom stereocenters. The van der Waals surface area contributed by atoms with Crippen molar-refractivity contribution in [1.29, 1.82) is 0 Å². The van der Waals surface area contributed by atoms with E-state index in [1.807, 2.05) is 45.0 Å². The molecule has 1 aromatic carbocycles. The SMILES string of the molecule is CCn1nc(C)cc1C(=O)Nc1ccccc1C. The largest absolute Gasteiger partial charge is 0.320 e.